The Balaban J connectivity index is 1.93. The van der Waals surface area contributed by atoms with Gasteiger partial charge in [-0.3, -0.25) is 0 Å². The minimum atomic E-state index is -0.207. The quantitative estimate of drug-likeness (QED) is 0.799. The molecule has 1 spiro atoms. The van der Waals surface area contributed by atoms with E-state index in [-0.39, 0.29) is 23.8 Å². The van der Waals surface area contributed by atoms with E-state index in [1.54, 1.807) is 6.07 Å². The van der Waals surface area contributed by atoms with Crippen molar-refractivity contribution < 1.29 is 9.50 Å². The normalized spacial score (nSPS) is 30.9. The molecule has 0 radical (unpaired) electrons. The predicted molar refractivity (Wildman–Crippen MR) is 68.5 cm³/mol. The molecule has 1 N–H and O–H groups in total. The van der Waals surface area contributed by atoms with Crippen LogP contribution >= 0.6 is 0 Å². The Labute approximate surface area is 105 Å². The third-order valence-electron chi connectivity index (χ3n) is 4.46. The molecule has 4 rings (SSSR count). The highest BCUT2D eigenvalue weighted by Crippen LogP contribution is 2.74. The Morgan fingerprint density at radius 3 is 2.94 bits per heavy atom. The molecule has 90 valence electrons. The van der Waals surface area contributed by atoms with Crippen molar-refractivity contribution in [3.8, 4) is 0 Å². The second-order valence-corrected chi connectivity index (χ2v) is 5.22. The molecule has 0 amide bonds. The summed E-state index contributed by atoms with van der Waals surface area (Å²) in [6, 6.07) is 5.23. The molecule has 1 saturated carbocycles. The first-order valence-electron chi connectivity index (χ1n) is 6.27. The monoisotopic (exact) mass is 240 g/mol. The number of hydrogen-bond donors (Lipinski definition) is 1. The van der Waals surface area contributed by atoms with Crippen LogP contribution in [0.1, 0.15) is 23.5 Å². The first-order chi connectivity index (χ1) is 8.79. The van der Waals surface area contributed by atoms with Gasteiger partial charge in [0.2, 0.25) is 0 Å². The van der Waals surface area contributed by atoms with Gasteiger partial charge in [-0.2, -0.15) is 0 Å². The molecule has 3 aliphatic rings. The van der Waals surface area contributed by atoms with E-state index in [4.69, 9.17) is 0 Å². The van der Waals surface area contributed by atoms with Gasteiger partial charge in [0.05, 0.1) is 6.61 Å². The molecule has 1 fully saturated rings. The zero-order valence-corrected chi connectivity index (χ0v) is 9.86. The number of allylic oxidation sites excluding steroid dienone is 5. The average Bonchev–Trinajstić information content (AvgIpc) is 2.84. The predicted octanol–water partition coefficient (Wildman–Crippen LogP) is 3.18. The first kappa shape index (κ1) is 10.3. The van der Waals surface area contributed by atoms with Crippen LogP contribution in [0.4, 0.5) is 4.39 Å². The number of hydrogen-bond acceptors (Lipinski definition) is 1. The molecule has 1 aromatic rings. The van der Waals surface area contributed by atoms with Gasteiger partial charge in [-0.15, -0.1) is 0 Å². The summed E-state index contributed by atoms with van der Waals surface area (Å²) in [7, 11) is 0. The maximum absolute atomic E-state index is 13.9. The van der Waals surface area contributed by atoms with Gasteiger partial charge >= 0.3 is 0 Å². The number of aliphatic hydroxyl groups is 1. The molecule has 1 aromatic carbocycles. The van der Waals surface area contributed by atoms with E-state index in [9.17, 15) is 9.50 Å². The van der Waals surface area contributed by atoms with Crippen molar-refractivity contribution in [3.05, 3.63) is 65.0 Å². The van der Waals surface area contributed by atoms with Gasteiger partial charge in [-0.25, -0.2) is 4.39 Å². The van der Waals surface area contributed by atoms with Crippen LogP contribution < -0.4 is 0 Å². The molecule has 0 aromatic heterocycles. The lowest BCUT2D eigenvalue weighted by molar-refractivity contribution is 0.349. The lowest BCUT2D eigenvalue weighted by Gasteiger charge is -2.18. The van der Waals surface area contributed by atoms with Crippen LogP contribution in [-0.4, -0.2) is 11.7 Å². The fourth-order valence-electron chi connectivity index (χ4n) is 3.73. The van der Waals surface area contributed by atoms with E-state index in [1.807, 2.05) is 12.1 Å². The van der Waals surface area contributed by atoms with Crippen LogP contribution in [0.5, 0.6) is 0 Å². The second-order valence-electron chi connectivity index (χ2n) is 5.22. The molecule has 0 bridgehead atoms. The van der Waals surface area contributed by atoms with E-state index < -0.39 is 0 Å². The maximum atomic E-state index is 13.9. The molecule has 1 nitrogen and oxygen atoms in total. The maximum Gasteiger partial charge on any atom is 0.131 e. The van der Waals surface area contributed by atoms with Gasteiger partial charge in [0, 0.05) is 16.9 Å². The van der Waals surface area contributed by atoms with E-state index in [1.165, 1.54) is 11.6 Å². The molecule has 18 heavy (non-hydrogen) atoms. The van der Waals surface area contributed by atoms with Crippen LogP contribution in [0.3, 0.4) is 0 Å². The van der Waals surface area contributed by atoms with E-state index in [2.05, 4.69) is 18.2 Å². The van der Waals surface area contributed by atoms with Crippen molar-refractivity contribution in [1.29, 1.82) is 0 Å². The van der Waals surface area contributed by atoms with Crippen LogP contribution in [0.2, 0.25) is 0 Å². The zero-order chi connectivity index (χ0) is 12.3. The number of fused-ring (bicyclic) bond motifs is 5. The van der Waals surface area contributed by atoms with Gasteiger partial charge in [0.25, 0.3) is 0 Å². The average molecular weight is 240 g/mol. The third kappa shape index (κ3) is 1.01. The molecule has 2 unspecified atom stereocenters. The summed E-state index contributed by atoms with van der Waals surface area (Å²) in [5.74, 6) is 0.0771. The van der Waals surface area contributed by atoms with Crippen LogP contribution in [-0.2, 0) is 0 Å². The minimum absolute atomic E-state index is 0.0353. The summed E-state index contributed by atoms with van der Waals surface area (Å²) in [5, 5.41) is 9.58. The van der Waals surface area contributed by atoms with Gasteiger partial charge in [0.1, 0.15) is 5.82 Å². The van der Waals surface area contributed by atoms with E-state index >= 15 is 0 Å². The highest BCUT2D eigenvalue weighted by molar-refractivity contribution is 5.88. The van der Waals surface area contributed by atoms with Gasteiger partial charge in [-0.05, 0) is 29.2 Å². The topological polar surface area (TPSA) is 20.2 Å². The van der Waals surface area contributed by atoms with Crippen molar-refractivity contribution in [3.63, 3.8) is 0 Å². The Kier molecular flexibility index (Phi) is 1.83. The lowest BCUT2D eigenvalue weighted by atomic mass is 9.86. The van der Waals surface area contributed by atoms with Crippen molar-refractivity contribution in [2.75, 3.05) is 6.61 Å². The van der Waals surface area contributed by atoms with Crippen molar-refractivity contribution in [1.82, 2.24) is 0 Å². The third-order valence-corrected chi connectivity index (χ3v) is 4.46. The molecular formula is C16H13FO. The summed E-state index contributed by atoms with van der Waals surface area (Å²) in [4.78, 5) is 0. The van der Waals surface area contributed by atoms with Crippen molar-refractivity contribution >= 4 is 5.57 Å². The minimum Gasteiger partial charge on any atom is -0.392 e. The van der Waals surface area contributed by atoms with Gasteiger partial charge in [0.15, 0.2) is 0 Å². The highest BCUT2D eigenvalue weighted by atomic mass is 19.1. The van der Waals surface area contributed by atoms with E-state index in [0.717, 1.165) is 17.6 Å². The SMILES string of the molecule is OCC1=C2C(c3cccc(F)c31)C21C=CC=CC1. The zero-order valence-electron chi connectivity index (χ0n) is 9.86. The Bertz CT molecular complexity index is 638. The summed E-state index contributed by atoms with van der Waals surface area (Å²) in [6.45, 7) is -0.0704. The van der Waals surface area contributed by atoms with Gasteiger partial charge < -0.3 is 5.11 Å². The molecule has 3 aliphatic carbocycles. The smallest absolute Gasteiger partial charge is 0.131 e. The number of benzene rings is 1. The van der Waals surface area contributed by atoms with Crippen molar-refractivity contribution in [2.24, 2.45) is 5.41 Å². The largest absolute Gasteiger partial charge is 0.392 e. The molecule has 0 aliphatic heterocycles. The fourth-order valence-corrected chi connectivity index (χ4v) is 3.73. The standard InChI is InChI=1S/C16H13FO/c17-12-6-4-5-10-13(12)11(9-18)15-14(10)16(15)7-2-1-3-8-16/h1-7,14,18H,8-9H2. The molecule has 0 heterocycles. The summed E-state index contributed by atoms with van der Waals surface area (Å²) in [6.07, 6.45) is 9.42. The molecule has 2 heteroatoms. The molecule has 0 saturated heterocycles. The van der Waals surface area contributed by atoms with Crippen LogP contribution in [0.25, 0.3) is 5.57 Å². The second kappa shape index (κ2) is 3.21. The Morgan fingerprint density at radius 1 is 1.33 bits per heavy atom. The molecule has 2 atom stereocenters. The fraction of sp³-hybridized carbons (Fsp3) is 0.250. The first-order valence-corrected chi connectivity index (χ1v) is 6.27. The summed E-state index contributed by atoms with van der Waals surface area (Å²) in [5.41, 5.74) is 3.77. The Morgan fingerprint density at radius 2 is 2.22 bits per heavy atom. The Hall–Kier alpha value is -1.67. The summed E-state index contributed by atoms with van der Waals surface area (Å²) < 4.78 is 13.9. The summed E-state index contributed by atoms with van der Waals surface area (Å²) >= 11 is 0. The van der Waals surface area contributed by atoms with Crippen molar-refractivity contribution in [2.45, 2.75) is 12.3 Å². The lowest BCUT2D eigenvalue weighted by Crippen LogP contribution is -2.07. The van der Waals surface area contributed by atoms with Gasteiger partial charge in [-0.1, -0.05) is 36.4 Å². The number of halogens is 1. The van der Waals surface area contributed by atoms with Crippen LogP contribution in [0, 0.1) is 11.2 Å². The van der Waals surface area contributed by atoms with Crippen LogP contribution in [0.15, 0.2) is 48.1 Å². The number of rotatable bonds is 1. The number of aliphatic hydroxyl groups excluding tert-OH is 1. The van der Waals surface area contributed by atoms with E-state index in [0.29, 0.717) is 5.56 Å². The highest BCUT2D eigenvalue weighted by Gasteiger charge is 2.63. The molecular weight excluding hydrogens is 227 g/mol.